The molecule has 2 aromatic heterocycles. The summed E-state index contributed by atoms with van der Waals surface area (Å²) in [5, 5.41) is 7.09. The minimum absolute atomic E-state index is 0.152. The number of nitrogens with zero attached hydrogens (tertiary/aromatic N) is 2. The van der Waals surface area contributed by atoms with Crippen molar-refractivity contribution in [1.82, 2.24) is 9.78 Å². The normalized spacial score (nSPS) is 10.6. The number of amides is 1. The van der Waals surface area contributed by atoms with Crippen molar-refractivity contribution in [3.8, 4) is 0 Å². The van der Waals surface area contributed by atoms with Gasteiger partial charge in [-0.1, -0.05) is 6.92 Å². The Bertz CT molecular complexity index is 919. The maximum Gasteiger partial charge on any atom is 0.348 e. The Morgan fingerprint density at radius 1 is 1.18 bits per heavy atom. The molecule has 0 aliphatic heterocycles. The van der Waals surface area contributed by atoms with Crippen molar-refractivity contribution in [3.63, 3.8) is 0 Å². The molecule has 1 amide bonds. The fourth-order valence-electron chi connectivity index (χ4n) is 2.40. The SMILES string of the molecule is CCCOC(=O)c1c(NC(=O)c2nn(C)c(C)c2Br)sc(C(=O)OCC)c1C. The molecule has 0 fully saturated rings. The van der Waals surface area contributed by atoms with Gasteiger partial charge >= 0.3 is 11.9 Å². The Balaban J connectivity index is 2.44. The number of halogens is 1. The van der Waals surface area contributed by atoms with E-state index in [0.717, 1.165) is 17.0 Å². The molecule has 8 nitrogen and oxygen atoms in total. The van der Waals surface area contributed by atoms with Crippen LogP contribution in [0.5, 0.6) is 0 Å². The average Bonchev–Trinajstić information content (AvgIpc) is 3.11. The van der Waals surface area contributed by atoms with Gasteiger partial charge in [0.05, 0.1) is 28.9 Å². The fourth-order valence-corrected chi connectivity index (χ4v) is 4.00. The van der Waals surface area contributed by atoms with E-state index in [4.69, 9.17) is 9.47 Å². The summed E-state index contributed by atoms with van der Waals surface area (Å²) in [5.41, 5.74) is 1.52. The Kier molecular flexibility index (Phi) is 7.36. The van der Waals surface area contributed by atoms with Crippen molar-refractivity contribution in [2.75, 3.05) is 18.5 Å². The quantitative estimate of drug-likeness (QED) is 0.615. The number of carbonyl (C=O) groups excluding carboxylic acids is 3. The molecule has 0 unspecified atom stereocenters. The van der Waals surface area contributed by atoms with Gasteiger partial charge in [-0.25, -0.2) is 9.59 Å². The summed E-state index contributed by atoms with van der Waals surface area (Å²) in [6.45, 7) is 7.45. The van der Waals surface area contributed by atoms with Crippen LogP contribution < -0.4 is 5.32 Å². The smallest absolute Gasteiger partial charge is 0.348 e. The first-order chi connectivity index (χ1) is 13.2. The third kappa shape index (κ3) is 4.44. The third-order valence-corrected chi connectivity index (χ3v) is 6.09. The Hall–Kier alpha value is -2.20. The molecule has 10 heteroatoms. The molecule has 0 aliphatic rings. The van der Waals surface area contributed by atoms with E-state index in [-0.39, 0.29) is 34.3 Å². The van der Waals surface area contributed by atoms with Crippen LogP contribution in [0.4, 0.5) is 5.00 Å². The number of aryl methyl sites for hydroxylation is 1. The van der Waals surface area contributed by atoms with Crippen LogP contribution in [0.3, 0.4) is 0 Å². The van der Waals surface area contributed by atoms with E-state index in [1.165, 1.54) is 0 Å². The molecular weight excluding hydrogens is 450 g/mol. The highest BCUT2D eigenvalue weighted by atomic mass is 79.9. The second-order valence-corrected chi connectivity index (χ2v) is 7.76. The summed E-state index contributed by atoms with van der Waals surface area (Å²) in [7, 11) is 1.72. The van der Waals surface area contributed by atoms with E-state index in [9.17, 15) is 14.4 Å². The van der Waals surface area contributed by atoms with Crippen LogP contribution in [0.2, 0.25) is 0 Å². The number of hydrogen-bond acceptors (Lipinski definition) is 7. The standard InChI is InChI=1S/C18H22BrN3O5S/c1-6-8-27-17(24)11-9(3)14(18(25)26-7-2)28-16(11)20-15(23)13-12(19)10(4)22(5)21-13/h6-8H2,1-5H3,(H,20,23). The second-order valence-electron chi connectivity index (χ2n) is 5.94. The molecule has 0 aromatic carbocycles. The monoisotopic (exact) mass is 471 g/mol. The molecular formula is C18H22BrN3O5S. The number of ether oxygens (including phenoxy) is 2. The Morgan fingerprint density at radius 3 is 2.39 bits per heavy atom. The minimum Gasteiger partial charge on any atom is -0.462 e. The molecule has 2 aromatic rings. The van der Waals surface area contributed by atoms with Crippen molar-refractivity contribution in [3.05, 3.63) is 31.9 Å². The van der Waals surface area contributed by atoms with Gasteiger partial charge in [0.25, 0.3) is 5.91 Å². The van der Waals surface area contributed by atoms with E-state index in [1.807, 2.05) is 13.8 Å². The second kappa shape index (κ2) is 9.33. The molecule has 152 valence electrons. The fraction of sp³-hybridized carbons (Fsp3) is 0.444. The number of carbonyl (C=O) groups is 3. The van der Waals surface area contributed by atoms with Crippen LogP contribution >= 0.6 is 27.3 Å². The lowest BCUT2D eigenvalue weighted by molar-refractivity contribution is 0.0506. The molecule has 28 heavy (non-hydrogen) atoms. The van der Waals surface area contributed by atoms with Crippen molar-refractivity contribution in [2.24, 2.45) is 7.05 Å². The summed E-state index contributed by atoms with van der Waals surface area (Å²) in [6, 6.07) is 0. The van der Waals surface area contributed by atoms with Gasteiger partial charge in [0.15, 0.2) is 5.69 Å². The maximum absolute atomic E-state index is 12.7. The minimum atomic E-state index is -0.599. The molecule has 0 saturated heterocycles. The first-order valence-electron chi connectivity index (χ1n) is 8.70. The predicted molar refractivity (Wildman–Crippen MR) is 109 cm³/mol. The number of aromatic nitrogens is 2. The number of esters is 2. The molecule has 0 bridgehead atoms. The van der Waals surface area contributed by atoms with Gasteiger partial charge in [-0.05, 0) is 48.7 Å². The van der Waals surface area contributed by atoms with Crippen LogP contribution in [0.15, 0.2) is 4.47 Å². The highest BCUT2D eigenvalue weighted by Gasteiger charge is 2.28. The average molecular weight is 472 g/mol. The summed E-state index contributed by atoms with van der Waals surface area (Å²) >= 11 is 4.33. The van der Waals surface area contributed by atoms with Gasteiger partial charge in [0.1, 0.15) is 9.88 Å². The zero-order chi connectivity index (χ0) is 21.0. The number of thiophene rings is 1. The largest absolute Gasteiger partial charge is 0.462 e. The van der Waals surface area contributed by atoms with Crippen molar-refractivity contribution >= 4 is 50.1 Å². The van der Waals surface area contributed by atoms with Crippen LogP contribution in [-0.4, -0.2) is 40.8 Å². The third-order valence-electron chi connectivity index (χ3n) is 3.95. The summed E-state index contributed by atoms with van der Waals surface area (Å²) < 4.78 is 12.4. The van der Waals surface area contributed by atoms with Gasteiger partial charge < -0.3 is 14.8 Å². The number of anilines is 1. The van der Waals surface area contributed by atoms with Gasteiger partial charge in [0, 0.05) is 7.05 Å². The van der Waals surface area contributed by atoms with E-state index >= 15 is 0 Å². The van der Waals surface area contributed by atoms with Crippen molar-refractivity contribution in [2.45, 2.75) is 34.1 Å². The summed E-state index contributed by atoms with van der Waals surface area (Å²) in [5.74, 6) is -1.65. The Morgan fingerprint density at radius 2 is 1.86 bits per heavy atom. The van der Waals surface area contributed by atoms with E-state index in [2.05, 4.69) is 26.3 Å². The topological polar surface area (TPSA) is 99.5 Å². The molecule has 1 N–H and O–H groups in total. The highest BCUT2D eigenvalue weighted by molar-refractivity contribution is 9.10. The lowest BCUT2D eigenvalue weighted by Crippen LogP contribution is -2.16. The zero-order valence-electron chi connectivity index (χ0n) is 16.3. The highest BCUT2D eigenvalue weighted by Crippen LogP contribution is 2.35. The van der Waals surface area contributed by atoms with Crippen LogP contribution in [-0.2, 0) is 16.5 Å². The summed E-state index contributed by atoms with van der Waals surface area (Å²) in [4.78, 5) is 37.7. The number of nitrogens with one attached hydrogen (secondary N) is 1. The Labute approximate surface area is 175 Å². The van der Waals surface area contributed by atoms with E-state index in [0.29, 0.717) is 16.5 Å². The lowest BCUT2D eigenvalue weighted by atomic mass is 10.1. The zero-order valence-corrected chi connectivity index (χ0v) is 18.7. The molecule has 0 radical (unpaired) electrons. The van der Waals surface area contributed by atoms with Gasteiger partial charge in [-0.15, -0.1) is 11.3 Å². The first-order valence-corrected chi connectivity index (χ1v) is 10.3. The molecule has 2 heterocycles. The van der Waals surface area contributed by atoms with Crippen LogP contribution in [0.1, 0.15) is 62.0 Å². The molecule has 0 atom stereocenters. The summed E-state index contributed by atoms with van der Waals surface area (Å²) in [6.07, 6.45) is 0.654. The van der Waals surface area contributed by atoms with Crippen molar-refractivity contribution < 1.29 is 23.9 Å². The van der Waals surface area contributed by atoms with Gasteiger partial charge in [-0.2, -0.15) is 5.10 Å². The number of hydrogen-bond donors (Lipinski definition) is 1. The van der Waals surface area contributed by atoms with Gasteiger partial charge in [0.2, 0.25) is 0 Å². The van der Waals surface area contributed by atoms with Crippen molar-refractivity contribution in [1.29, 1.82) is 0 Å². The predicted octanol–water partition coefficient (Wildman–Crippen LogP) is 3.86. The number of rotatable bonds is 7. The van der Waals surface area contributed by atoms with E-state index < -0.39 is 17.8 Å². The van der Waals surface area contributed by atoms with Gasteiger partial charge in [-0.3, -0.25) is 9.48 Å². The van der Waals surface area contributed by atoms with Crippen LogP contribution in [0, 0.1) is 13.8 Å². The lowest BCUT2D eigenvalue weighted by Gasteiger charge is -2.07. The first kappa shape index (κ1) is 22.1. The maximum atomic E-state index is 12.7. The molecule has 0 spiro atoms. The molecule has 2 rings (SSSR count). The van der Waals surface area contributed by atoms with E-state index in [1.54, 1.807) is 25.6 Å². The molecule has 0 saturated carbocycles. The van der Waals surface area contributed by atoms with Crippen LogP contribution in [0.25, 0.3) is 0 Å². The molecule has 0 aliphatic carbocycles.